The van der Waals surface area contributed by atoms with Gasteiger partial charge in [0.2, 0.25) is 0 Å². The third kappa shape index (κ3) is 8.19. The van der Waals surface area contributed by atoms with Crippen LogP contribution in [0.4, 0.5) is 11.4 Å². The summed E-state index contributed by atoms with van der Waals surface area (Å²) < 4.78 is 6.04. The molecule has 4 aromatic rings. The van der Waals surface area contributed by atoms with Crippen LogP contribution in [0.5, 0.6) is 17.2 Å². The summed E-state index contributed by atoms with van der Waals surface area (Å²) in [6.45, 7) is 10.8. The van der Waals surface area contributed by atoms with Gasteiger partial charge in [0.1, 0.15) is 5.75 Å². The maximum atomic E-state index is 12.7. The molecule has 326 valence electrons. The number of ether oxygens (including phenoxy) is 1. The smallest absolute Gasteiger partial charge is 0.174 e. The van der Waals surface area contributed by atoms with Crippen LogP contribution in [-0.2, 0) is 16.6 Å². The molecule has 9 nitrogen and oxygen atoms in total. The summed E-state index contributed by atoms with van der Waals surface area (Å²) in [5.41, 5.74) is 4.35. The highest BCUT2D eigenvalue weighted by Gasteiger charge is 2.73. The highest BCUT2D eigenvalue weighted by Crippen LogP contribution is 2.65. The van der Waals surface area contributed by atoms with Crippen molar-refractivity contribution >= 4 is 28.9 Å². The lowest BCUT2D eigenvalue weighted by atomic mass is 9.49. The van der Waals surface area contributed by atoms with Crippen molar-refractivity contribution in [1.29, 1.82) is 0 Å². The van der Waals surface area contributed by atoms with Crippen LogP contribution in [0.1, 0.15) is 81.9 Å². The van der Waals surface area contributed by atoms with Crippen molar-refractivity contribution in [3.05, 3.63) is 102 Å². The van der Waals surface area contributed by atoms with Gasteiger partial charge in [0, 0.05) is 53.5 Å². The van der Waals surface area contributed by atoms with Crippen molar-refractivity contribution < 1.29 is 24.9 Å². The minimum absolute atomic E-state index is 0.0454. The first-order valence-corrected chi connectivity index (χ1v) is 23.3. The van der Waals surface area contributed by atoms with Gasteiger partial charge < -0.3 is 34.8 Å². The molecule has 3 fully saturated rings. The zero-order valence-corrected chi connectivity index (χ0v) is 38.0. The molecule has 3 aliphatic heterocycles. The molecule has 4 aromatic carbocycles. The van der Waals surface area contributed by atoms with E-state index >= 15 is 0 Å². The Morgan fingerprint density at radius 1 is 0.902 bits per heavy atom. The highest BCUT2D eigenvalue weighted by molar-refractivity contribution is 7.99. The van der Waals surface area contributed by atoms with Crippen LogP contribution in [0, 0.1) is 11.8 Å². The van der Waals surface area contributed by atoms with Gasteiger partial charge in [-0.15, -0.1) is 0 Å². The number of piperidine rings is 1. The van der Waals surface area contributed by atoms with Gasteiger partial charge in [-0.1, -0.05) is 68.1 Å². The van der Waals surface area contributed by atoms with E-state index in [-0.39, 0.29) is 17.6 Å². The van der Waals surface area contributed by atoms with E-state index in [0.29, 0.717) is 42.2 Å². The van der Waals surface area contributed by atoms with E-state index < -0.39 is 17.1 Å². The molecule has 0 amide bonds. The molecule has 2 bridgehead atoms. The predicted molar refractivity (Wildman–Crippen MR) is 246 cm³/mol. The molecule has 0 aromatic heterocycles. The van der Waals surface area contributed by atoms with Crippen molar-refractivity contribution in [3.8, 4) is 17.2 Å². The monoisotopic (exact) mass is 846 g/mol. The third-order valence-corrected chi connectivity index (χ3v) is 15.6. The summed E-state index contributed by atoms with van der Waals surface area (Å²) in [6.07, 6.45) is 5.44. The Kier molecular flexibility index (Phi) is 12.6. The second kappa shape index (κ2) is 17.6. The summed E-state index contributed by atoms with van der Waals surface area (Å²) in [6, 6.07) is 29.2. The van der Waals surface area contributed by atoms with E-state index in [0.717, 1.165) is 62.5 Å². The summed E-state index contributed by atoms with van der Waals surface area (Å²) in [5, 5.41) is 31.8. The lowest BCUT2D eigenvalue weighted by Gasteiger charge is -2.62. The summed E-state index contributed by atoms with van der Waals surface area (Å²) in [5.74, 6) is 2.88. The summed E-state index contributed by atoms with van der Waals surface area (Å²) in [4.78, 5) is 24.8. The second-order valence-electron chi connectivity index (χ2n) is 19.0. The number of phenolic OH excluding ortho intramolecular Hbond substituents is 2. The van der Waals surface area contributed by atoms with Crippen LogP contribution in [0.2, 0.25) is 0 Å². The Balaban J connectivity index is 0.000000130. The number of likely N-dealkylation sites (N-methyl/N-ethyl adjacent to an activating group) is 1. The standard InChI is InChI=1S/C20H23NO4.C17H20N2S.C14H23NO/c22-13-4-3-12-9-15-20(24)6-5-14(23)18-19(20,16(12)17(13)25-18)7-8-21(15)10-11-1-2-11;1-13(18(2)3)12-19-14-8-4-6-10-16(14)20-17-11-7-5-9-15(17)19;1-5-14(11(2)10-15(3)4)12-7-6-8-13(16)9-12/h3-4,11,15,18,22,24H,1-2,5-10H2;4-11,13H,12H2,1-3H3;6-9,11,14,16H,5,10H2,1-4H3/t15-,18+,19+,20-;;11-,14+/m1.0/s1. The number of nitrogens with zero attached hydrogens (tertiary/aromatic N) is 4. The number of rotatable bonds is 10. The number of carbonyl (C=O) groups is 1. The van der Waals surface area contributed by atoms with Crippen molar-refractivity contribution in [1.82, 2.24) is 14.7 Å². The topological polar surface area (TPSA) is 100.0 Å². The normalized spacial score (nSPS) is 25.8. The van der Waals surface area contributed by atoms with Gasteiger partial charge in [0.25, 0.3) is 0 Å². The molecular weight excluding hydrogens is 781 g/mol. The van der Waals surface area contributed by atoms with E-state index in [1.807, 2.05) is 30.0 Å². The molecule has 3 N–H and O–H groups in total. The SMILES string of the molecule is CC(CN1c2ccccc2Sc2ccccc21)N(C)C.CC[C@@H](c1cccc(O)c1)[C@@H](C)CN(C)C.O=C1CC[C@@]2(O)[C@H]3Cc4ccc(O)c5c4[C@@]2(CCN3CC2CC2)[C@H]1O5. The lowest BCUT2D eigenvalue weighted by Crippen LogP contribution is -2.76. The van der Waals surface area contributed by atoms with E-state index in [1.54, 1.807) is 12.1 Å². The number of anilines is 2. The first-order valence-electron chi connectivity index (χ1n) is 22.5. The van der Waals surface area contributed by atoms with E-state index in [1.165, 1.54) is 39.6 Å². The Hall–Kier alpha value is -4.06. The fourth-order valence-corrected chi connectivity index (χ4v) is 12.2. The number of hydrogen-bond acceptors (Lipinski definition) is 10. The van der Waals surface area contributed by atoms with Crippen LogP contribution < -0.4 is 9.64 Å². The van der Waals surface area contributed by atoms with Gasteiger partial charge in [0.15, 0.2) is 23.4 Å². The van der Waals surface area contributed by atoms with Gasteiger partial charge in [0.05, 0.1) is 22.4 Å². The van der Waals surface area contributed by atoms with Crippen LogP contribution in [0.15, 0.2) is 94.7 Å². The fourth-order valence-electron chi connectivity index (χ4n) is 11.1. The molecule has 7 atom stereocenters. The average Bonchev–Trinajstić information content (AvgIpc) is 3.98. The van der Waals surface area contributed by atoms with E-state index in [2.05, 4.69) is 123 Å². The Bertz CT molecular complexity index is 2170. The molecule has 3 heterocycles. The predicted octanol–water partition coefficient (Wildman–Crippen LogP) is 8.85. The van der Waals surface area contributed by atoms with Crippen molar-refractivity contribution in [2.75, 3.05) is 59.3 Å². The zero-order chi connectivity index (χ0) is 43.2. The Labute approximate surface area is 367 Å². The zero-order valence-electron chi connectivity index (χ0n) is 37.2. The van der Waals surface area contributed by atoms with Gasteiger partial charge in [-0.05, 0) is 152 Å². The number of carbonyl (C=O) groups excluding carboxylic acids is 1. The van der Waals surface area contributed by atoms with Crippen molar-refractivity contribution in [3.63, 3.8) is 0 Å². The molecule has 3 aliphatic carbocycles. The number of aromatic hydroxyl groups is 2. The quantitative estimate of drug-likeness (QED) is 0.144. The minimum Gasteiger partial charge on any atom is -0.508 e. The van der Waals surface area contributed by atoms with E-state index in [4.69, 9.17) is 4.74 Å². The molecule has 2 saturated carbocycles. The van der Waals surface area contributed by atoms with Gasteiger partial charge in [-0.2, -0.15) is 0 Å². The number of aliphatic hydroxyl groups is 1. The minimum atomic E-state index is -0.940. The first kappa shape index (κ1) is 43.6. The first-order chi connectivity index (χ1) is 29.2. The average molecular weight is 847 g/mol. The van der Waals surface area contributed by atoms with Gasteiger partial charge in [-0.25, -0.2) is 0 Å². The van der Waals surface area contributed by atoms with E-state index in [9.17, 15) is 20.1 Å². The highest BCUT2D eigenvalue weighted by atomic mass is 32.2. The second-order valence-corrected chi connectivity index (χ2v) is 20.1. The molecule has 10 heteroatoms. The number of fused-ring (bicyclic) bond motifs is 2. The number of likely N-dealkylation sites (tertiary alicyclic amines) is 1. The Morgan fingerprint density at radius 3 is 2.21 bits per heavy atom. The molecule has 6 aliphatic rings. The maximum Gasteiger partial charge on any atom is 0.174 e. The summed E-state index contributed by atoms with van der Waals surface area (Å²) >= 11 is 1.87. The number of phenols is 2. The third-order valence-electron chi connectivity index (χ3n) is 14.5. The number of benzene rings is 4. The molecule has 10 rings (SSSR count). The number of ketones is 1. The maximum absolute atomic E-state index is 12.7. The molecule has 1 unspecified atom stereocenters. The van der Waals surface area contributed by atoms with Gasteiger partial charge >= 0.3 is 0 Å². The molecule has 1 spiro atoms. The molecule has 61 heavy (non-hydrogen) atoms. The van der Waals surface area contributed by atoms with Crippen LogP contribution >= 0.6 is 11.8 Å². The largest absolute Gasteiger partial charge is 0.508 e. The molecular formula is C51H66N4O5S. The molecule has 0 radical (unpaired) electrons. The number of Topliss-reactive ketones (excluding diaryl/α,β-unsaturated/α-hetero) is 1. The van der Waals surface area contributed by atoms with Gasteiger partial charge in [-0.3, -0.25) is 9.69 Å². The number of para-hydroxylation sites is 2. The van der Waals surface area contributed by atoms with Crippen LogP contribution in [-0.4, -0.2) is 114 Å². The lowest BCUT2D eigenvalue weighted by molar-refractivity contribution is -0.188. The van der Waals surface area contributed by atoms with Crippen molar-refractivity contribution in [2.45, 2.75) is 111 Å². The molecule has 1 saturated heterocycles. The fraction of sp³-hybridized carbons (Fsp3) is 0.510. The van der Waals surface area contributed by atoms with Crippen LogP contribution in [0.3, 0.4) is 0 Å². The van der Waals surface area contributed by atoms with Crippen molar-refractivity contribution in [2.24, 2.45) is 11.8 Å². The van der Waals surface area contributed by atoms with Crippen LogP contribution in [0.25, 0.3) is 0 Å². The number of hydrogen-bond donors (Lipinski definition) is 3. The summed E-state index contributed by atoms with van der Waals surface area (Å²) in [7, 11) is 8.49. The Morgan fingerprint density at radius 2 is 1.59 bits per heavy atom.